The van der Waals surface area contributed by atoms with E-state index in [2.05, 4.69) is 10.6 Å². The van der Waals surface area contributed by atoms with E-state index >= 15 is 0 Å². The minimum Gasteiger partial charge on any atom is -0.396 e. The van der Waals surface area contributed by atoms with Gasteiger partial charge in [0.15, 0.2) is 0 Å². The standard InChI is InChI=1S/C14H19FN2O2/c15-11-1-3-12(4-2-11)17-13(19)9-16-10-14(5-6-14)7-8-18/h1-4,16,18H,5-10H2,(H,17,19). The molecule has 0 bridgehead atoms. The van der Waals surface area contributed by atoms with Crippen molar-refractivity contribution >= 4 is 11.6 Å². The molecule has 1 aliphatic carbocycles. The van der Waals surface area contributed by atoms with E-state index in [4.69, 9.17) is 5.11 Å². The molecule has 4 nitrogen and oxygen atoms in total. The number of aliphatic hydroxyl groups is 1. The third-order valence-corrected chi connectivity index (χ3v) is 3.51. The van der Waals surface area contributed by atoms with E-state index in [1.54, 1.807) is 0 Å². The fraction of sp³-hybridized carbons (Fsp3) is 0.500. The third-order valence-electron chi connectivity index (χ3n) is 3.51. The Morgan fingerprint density at radius 1 is 1.32 bits per heavy atom. The molecule has 0 spiro atoms. The highest BCUT2D eigenvalue weighted by Gasteiger charge is 2.41. The van der Waals surface area contributed by atoms with Gasteiger partial charge >= 0.3 is 0 Å². The summed E-state index contributed by atoms with van der Waals surface area (Å²) in [6, 6.07) is 5.68. The van der Waals surface area contributed by atoms with Crippen LogP contribution in [-0.4, -0.2) is 30.7 Å². The second-order valence-electron chi connectivity index (χ2n) is 5.13. The molecular formula is C14H19FN2O2. The lowest BCUT2D eigenvalue weighted by Crippen LogP contribution is -2.32. The molecular weight excluding hydrogens is 247 g/mol. The first-order valence-corrected chi connectivity index (χ1v) is 6.51. The van der Waals surface area contributed by atoms with E-state index in [1.807, 2.05) is 0 Å². The lowest BCUT2D eigenvalue weighted by molar-refractivity contribution is -0.115. The lowest BCUT2D eigenvalue weighted by atomic mass is 10.0. The van der Waals surface area contributed by atoms with Crippen molar-refractivity contribution in [1.82, 2.24) is 5.32 Å². The summed E-state index contributed by atoms with van der Waals surface area (Å²) in [6.45, 7) is 1.18. The molecule has 1 aliphatic rings. The zero-order valence-electron chi connectivity index (χ0n) is 10.8. The van der Waals surface area contributed by atoms with Crippen LogP contribution < -0.4 is 10.6 Å². The van der Waals surface area contributed by atoms with Gasteiger partial charge in [-0.25, -0.2) is 4.39 Å². The van der Waals surface area contributed by atoms with Gasteiger partial charge in [0.25, 0.3) is 0 Å². The molecule has 1 fully saturated rings. The van der Waals surface area contributed by atoms with Crippen LogP contribution in [0.1, 0.15) is 19.3 Å². The van der Waals surface area contributed by atoms with E-state index < -0.39 is 0 Å². The fourth-order valence-electron chi connectivity index (χ4n) is 2.11. The Hall–Kier alpha value is -1.46. The highest BCUT2D eigenvalue weighted by molar-refractivity contribution is 5.92. The van der Waals surface area contributed by atoms with Gasteiger partial charge in [-0.05, 0) is 48.9 Å². The second kappa shape index (κ2) is 6.12. The molecule has 0 radical (unpaired) electrons. The van der Waals surface area contributed by atoms with Crippen LogP contribution in [0.5, 0.6) is 0 Å². The van der Waals surface area contributed by atoms with Crippen molar-refractivity contribution in [3.8, 4) is 0 Å². The summed E-state index contributed by atoms with van der Waals surface area (Å²) >= 11 is 0. The predicted octanol–water partition coefficient (Wildman–Crippen LogP) is 1.52. The number of nitrogens with one attached hydrogen (secondary N) is 2. The van der Waals surface area contributed by atoms with Gasteiger partial charge < -0.3 is 15.7 Å². The Morgan fingerprint density at radius 2 is 2.00 bits per heavy atom. The lowest BCUT2D eigenvalue weighted by Gasteiger charge is -2.14. The van der Waals surface area contributed by atoms with Gasteiger partial charge in [0, 0.05) is 18.8 Å². The molecule has 0 atom stereocenters. The SMILES string of the molecule is O=C(CNCC1(CCO)CC1)Nc1ccc(F)cc1. The van der Waals surface area contributed by atoms with Crippen LogP contribution in [0.15, 0.2) is 24.3 Å². The van der Waals surface area contributed by atoms with Gasteiger partial charge in [-0.15, -0.1) is 0 Å². The molecule has 19 heavy (non-hydrogen) atoms. The number of hydrogen-bond acceptors (Lipinski definition) is 3. The summed E-state index contributed by atoms with van der Waals surface area (Å²) in [6.07, 6.45) is 3.01. The number of carbonyl (C=O) groups excluding carboxylic acids is 1. The zero-order chi connectivity index (χ0) is 13.7. The van der Waals surface area contributed by atoms with Gasteiger partial charge in [0.1, 0.15) is 5.82 Å². The maximum absolute atomic E-state index is 12.7. The number of carbonyl (C=O) groups is 1. The Balaban J connectivity index is 1.69. The zero-order valence-corrected chi connectivity index (χ0v) is 10.8. The quantitative estimate of drug-likeness (QED) is 0.701. The molecule has 1 amide bonds. The molecule has 2 rings (SSSR count). The normalized spacial score (nSPS) is 16.1. The predicted molar refractivity (Wildman–Crippen MR) is 71.3 cm³/mol. The Morgan fingerprint density at radius 3 is 2.58 bits per heavy atom. The minimum absolute atomic E-state index is 0.147. The summed E-state index contributed by atoms with van der Waals surface area (Å²) in [5.74, 6) is -0.470. The first-order valence-electron chi connectivity index (χ1n) is 6.51. The highest BCUT2D eigenvalue weighted by Crippen LogP contribution is 2.47. The minimum atomic E-state index is -0.323. The van der Waals surface area contributed by atoms with E-state index in [0.29, 0.717) is 5.69 Å². The van der Waals surface area contributed by atoms with Crippen LogP contribution in [-0.2, 0) is 4.79 Å². The van der Waals surface area contributed by atoms with Gasteiger partial charge in [-0.3, -0.25) is 4.79 Å². The van der Waals surface area contributed by atoms with Crippen molar-refractivity contribution in [2.45, 2.75) is 19.3 Å². The average molecular weight is 266 g/mol. The van der Waals surface area contributed by atoms with Gasteiger partial charge in [0.2, 0.25) is 5.91 Å². The number of benzene rings is 1. The van der Waals surface area contributed by atoms with Gasteiger partial charge in [-0.2, -0.15) is 0 Å². The number of amides is 1. The maximum Gasteiger partial charge on any atom is 0.238 e. The van der Waals surface area contributed by atoms with Crippen LogP contribution in [0.2, 0.25) is 0 Å². The molecule has 104 valence electrons. The second-order valence-corrected chi connectivity index (χ2v) is 5.13. The van der Waals surface area contributed by atoms with E-state index in [-0.39, 0.29) is 30.3 Å². The summed E-state index contributed by atoms with van der Waals surface area (Å²) in [4.78, 5) is 11.6. The van der Waals surface area contributed by atoms with Gasteiger partial charge in [0.05, 0.1) is 6.54 Å². The molecule has 1 aromatic carbocycles. The number of aliphatic hydroxyl groups excluding tert-OH is 1. The van der Waals surface area contributed by atoms with Crippen LogP contribution in [0, 0.1) is 11.2 Å². The molecule has 0 heterocycles. The van der Waals surface area contributed by atoms with Crippen molar-refractivity contribution in [3.05, 3.63) is 30.1 Å². The van der Waals surface area contributed by atoms with Crippen LogP contribution >= 0.6 is 0 Å². The molecule has 5 heteroatoms. The Labute approximate surface area is 112 Å². The Bertz CT molecular complexity index is 430. The molecule has 0 aliphatic heterocycles. The third kappa shape index (κ3) is 4.29. The molecule has 0 saturated heterocycles. The van der Waals surface area contributed by atoms with Crippen LogP contribution in [0.4, 0.5) is 10.1 Å². The molecule has 0 unspecified atom stereocenters. The van der Waals surface area contributed by atoms with Crippen molar-refractivity contribution in [2.24, 2.45) is 5.41 Å². The van der Waals surface area contributed by atoms with E-state index in [1.165, 1.54) is 24.3 Å². The van der Waals surface area contributed by atoms with Crippen LogP contribution in [0.25, 0.3) is 0 Å². The smallest absolute Gasteiger partial charge is 0.238 e. The summed E-state index contributed by atoms with van der Waals surface area (Å²) in [7, 11) is 0. The number of rotatable bonds is 7. The van der Waals surface area contributed by atoms with Crippen LogP contribution in [0.3, 0.4) is 0 Å². The highest BCUT2D eigenvalue weighted by atomic mass is 19.1. The fourth-order valence-corrected chi connectivity index (χ4v) is 2.11. The largest absolute Gasteiger partial charge is 0.396 e. The molecule has 1 saturated carbocycles. The summed E-state index contributed by atoms with van der Waals surface area (Å²) in [5, 5.41) is 14.7. The first kappa shape index (κ1) is 14.0. The van der Waals surface area contributed by atoms with Crippen molar-refractivity contribution in [3.63, 3.8) is 0 Å². The Kier molecular flexibility index (Phi) is 4.50. The van der Waals surface area contributed by atoms with Gasteiger partial charge in [-0.1, -0.05) is 0 Å². The number of hydrogen-bond donors (Lipinski definition) is 3. The van der Waals surface area contributed by atoms with Crippen molar-refractivity contribution in [2.75, 3.05) is 25.0 Å². The van der Waals surface area contributed by atoms with E-state index in [9.17, 15) is 9.18 Å². The molecule has 1 aromatic rings. The summed E-state index contributed by atoms with van der Waals surface area (Å²) in [5.41, 5.74) is 0.787. The van der Waals surface area contributed by atoms with Crippen molar-refractivity contribution in [1.29, 1.82) is 0 Å². The average Bonchev–Trinajstić information content (AvgIpc) is 3.13. The summed E-state index contributed by atoms with van der Waals surface area (Å²) < 4.78 is 12.7. The molecule has 3 N–H and O–H groups in total. The topological polar surface area (TPSA) is 61.4 Å². The number of anilines is 1. The first-order chi connectivity index (χ1) is 9.13. The number of halogens is 1. The van der Waals surface area contributed by atoms with E-state index in [0.717, 1.165) is 25.8 Å². The molecule has 0 aromatic heterocycles. The monoisotopic (exact) mass is 266 g/mol. The maximum atomic E-state index is 12.7. The van der Waals surface area contributed by atoms with Crippen molar-refractivity contribution < 1.29 is 14.3 Å².